The zero-order valence-electron chi connectivity index (χ0n) is 13.4. The lowest BCUT2D eigenvalue weighted by Gasteiger charge is -2.32. The fraction of sp³-hybridized carbons (Fsp3) is 0.400. The molecular weight excluding hydrogens is 330 g/mol. The number of aromatic nitrogens is 3. The number of benzene rings is 1. The van der Waals surface area contributed by atoms with Gasteiger partial charge in [0.05, 0.1) is 19.0 Å². The summed E-state index contributed by atoms with van der Waals surface area (Å²) in [5.41, 5.74) is 1.35. The van der Waals surface area contributed by atoms with E-state index in [0.29, 0.717) is 32.7 Å². The van der Waals surface area contributed by atoms with Gasteiger partial charge in [-0.15, -0.1) is 5.10 Å². The maximum Gasteiger partial charge on any atom is 0.276 e. The monoisotopic (exact) mass is 349 g/mol. The van der Waals surface area contributed by atoms with Crippen LogP contribution in [0.5, 0.6) is 0 Å². The Kier molecular flexibility index (Phi) is 4.63. The molecular formula is C15H19N5O3S. The molecule has 128 valence electrons. The topological polar surface area (TPSA) is 88.4 Å². The van der Waals surface area contributed by atoms with E-state index in [1.807, 2.05) is 30.3 Å². The van der Waals surface area contributed by atoms with Crippen LogP contribution >= 0.6 is 0 Å². The Morgan fingerprint density at radius 2 is 1.79 bits per heavy atom. The molecule has 2 aromatic rings. The van der Waals surface area contributed by atoms with E-state index in [1.54, 1.807) is 15.8 Å². The highest BCUT2D eigenvalue weighted by atomic mass is 32.2. The predicted octanol–water partition coefficient (Wildman–Crippen LogP) is 0.0438. The van der Waals surface area contributed by atoms with Gasteiger partial charge in [-0.05, 0) is 5.56 Å². The molecule has 1 aromatic carbocycles. The summed E-state index contributed by atoms with van der Waals surface area (Å²) < 4.78 is 26.0. The van der Waals surface area contributed by atoms with Crippen LogP contribution in [0.1, 0.15) is 16.1 Å². The second kappa shape index (κ2) is 6.70. The number of rotatable bonds is 4. The quantitative estimate of drug-likeness (QED) is 0.778. The van der Waals surface area contributed by atoms with E-state index in [9.17, 15) is 13.2 Å². The molecule has 24 heavy (non-hydrogen) atoms. The molecule has 1 aliphatic heterocycles. The lowest BCUT2D eigenvalue weighted by Crippen LogP contribution is -2.50. The molecule has 1 aromatic heterocycles. The van der Waals surface area contributed by atoms with Gasteiger partial charge in [-0.1, -0.05) is 35.5 Å². The van der Waals surface area contributed by atoms with Gasteiger partial charge < -0.3 is 4.90 Å². The minimum absolute atomic E-state index is 0.220. The van der Waals surface area contributed by atoms with Crippen molar-refractivity contribution >= 4 is 15.9 Å². The third-order valence-electron chi connectivity index (χ3n) is 3.94. The molecule has 3 rings (SSSR count). The highest BCUT2D eigenvalue weighted by molar-refractivity contribution is 7.88. The van der Waals surface area contributed by atoms with Crippen molar-refractivity contribution in [3.05, 3.63) is 47.8 Å². The molecule has 1 fully saturated rings. The van der Waals surface area contributed by atoms with Crippen LogP contribution in [-0.2, 0) is 16.6 Å². The summed E-state index contributed by atoms with van der Waals surface area (Å²) in [5, 5.41) is 7.94. The standard InChI is InChI=1S/C15H19N5O3S/c1-24(22,23)20-9-7-18(8-10-20)15(21)14-12-19(17-16-14)11-13-5-3-2-4-6-13/h2-6,12H,7-11H2,1H3. The molecule has 0 atom stereocenters. The van der Waals surface area contributed by atoms with Crippen LogP contribution in [0.15, 0.2) is 36.5 Å². The summed E-state index contributed by atoms with van der Waals surface area (Å²) in [6.45, 7) is 1.88. The molecule has 0 bridgehead atoms. The first-order valence-electron chi connectivity index (χ1n) is 7.62. The van der Waals surface area contributed by atoms with Gasteiger partial charge in [0.15, 0.2) is 5.69 Å². The molecule has 0 radical (unpaired) electrons. The summed E-state index contributed by atoms with van der Waals surface area (Å²) in [6.07, 6.45) is 2.80. The van der Waals surface area contributed by atoms with Crippen molar-refractivity contribution in [3.8, 4) is 0 Å². The van der Waals surface area contributed by atoms with Crippen molar-refractivity contribution < 1.29 is 13.2 Å². The van der Waals surface area contributed by atoms with E-state index in [1.165, 1.54) is 10.6 Å². The fourth-order valence-corrected chi connectivity index (χ4v) is 3.46. The summed E-state index contributed by atoms with van der Waals surface area (Å²) in [6, 6.07) is 9.79. The first kappa shape index (κ1) is 16.6. The van der Waals surface area contributed by atoms with Gasteiger partial charge in [-0.25, -0.2) is 13.1 Å². The van der Waals surface area contributed by atoms with Crippen LogP contribution in [0.3, 0.4) is 0 Å². The van der Waals surface area contributed by atoms with E-state index in [0.717, 1.165) is 5.56 Å². The molecule has 0 saturated carbocycles. The highest BCUT2D eigenvalue weighted by Gasteiger charge is 2.27. The molecule has 1 saturated heterocycles. The van der Waals surface area contributed by atoms with Crippen LogP contribution in [0, 0.1) is 0 Å². The number of carbonyl (C=O) groups is 1. The number of carbonyl (C=O) groups excluding carboxylic acids is 1. The molecule has 0 aliphatic carbocycles. The zero-order valence-corrected chi connectivity index (χ0v) is 14.2. The number of hydrogen-bond donors (Lipinski definition) is 0. The molecule has 1 amide bonds. The Bertz CT molecular complexity index is 811. The van der Waals surface area contributed by atoms with Gasteiger partial charge >= 0.3 is 0 Å². The minimum Gasteiger partial charge on any atom is -0.335 e. The smallest absolute Gasteiger partial charge is 0.276 e. The van der Waals surface area contributed by atoms with Crippen molar-refractivity contribution in [1.29, 1.82) is 0 Å². The van der Waals surface area contributed by atoms with Crippen molar-refractivity contribution in [2.75, 3.05) is 32.4 Å². The van der Waals surface area contributed by atoms with Crippen LogP contribution in [-0.4, -0.2) is 71.0 Å². The van der Waals surface area contributed by atoms with Gasteiger partial charge in [-0.3, -0.25) is 4.79 Å². The van der Waals surface area contributed by atoms with Gasteiger partial charge in [0.1, 0.15) is 0 Å². The summed E-state index contributed by atoms with van der Waals surface area (Å²) >= 11 is 0. The maximum atomic E-state index is 12.5. The number of nitrogens with zero attached hydrogens (tertiary/aromatic N) is 5. The van der Waals surface area contributed by atoms with Gasteiger partial charge in [0.2, 0.25) is 10.0 Å². The summed E-state index contributed by atoms with van der Waals surface area (Å²) in [5.74, 6) is -0.220. The number of hydrogen-bond acceptors (Lipinski definition) is 5. The lowest BCUT2D eigenvalue weighted by molar-refractivity contribution is 0.0692. The number of piperazine rings is 1. The van der Waals surface area contributed by atoms with Crippen molar-refractivity contribution in [3.63, 3.8) is 0 Å². The second-order valence-corrected chi connectivity index (χ2v) is 7.72. The van der Waals surface area contributed by atoms with Crippen molar-refractivity contribution in [2.45, 2.75) is 6.54 Å². The van der Waals surface area contributed by atoms with E-state index in [-0.39, 0.29) is 11.6 Å². The molecule has 1 aliphatic rings. The number of amides is 1. The summed E-state index contributed by atoms with van der Waals surface area (Å²) in [4.78, 5) is 14.1. The fourth-order valence-electron chi connectivity index (χ4n) is 2.63. The van der Waals surface area contributed by atoms with E-state index in [4.69, 9.17) is 0 Å². The van der Waals surface area contributed by atoms with Crippen molar-refractivity contribution in [1.82, 2.24) is 24.2 Å². The highest BCUT2D eigenvalue weighted by Crippen LogP contribution is 2.10. The van der Waals surface area contributed by atoms with Gasteiger partial charge in [0, 0.05) is 26.2 Å². The first-order valence-corrected chi connectivity index (χ1v) is 9.47. The Morgan fingerprint density at radius 3 is 2.42 bits per heavy atom. The van der Waals surface area contributed by atoms with E-state index in [2.05, 4.69) is 10.3 Å². The Balaban J connectivity index is 1.62. The average molecular weight is 349 g/mol. The van der Waals surface area contributed by atoms with E-state index >= 15 is 0 Å². The van der Waals surface area contributed by atoms with E-state index < -0.39 is 10.0 Å². The Labute approximate surface area is 140 Å². The summed E-state index contributed by atoms with van der Waals surface area (Å²) in [7, 11) is -3.21. The normalized spacial score (nSPS) is 16.3. The average Bonchev–Trinajstić information content (AvgIpc) is 3.03. The first-order chi connectivity index (χ1) is 11.4. The number of sulfonamides is 1. The van der Waals surface area contributed by atoms with Crippen LogP contribution in [0.25, 0.3) is 0 Å². The van der Waals surface area contributed by atoms with Crippen LogP contribution < -0.4 is 0 Å². The SMILES string of the molecule is CS(=O)(=O)N1CCN(C(=O)c2cn(Cc3ccccc3)nn2)CC1. The predicted molar refractivity (Wildman–Crippen MR) is 87.9 cm³/mol. The molecule has 2 heterocycles. The molecule has 0 N–H and O–H groups in total. The molecule has 0 unspecified atom stereocenters. The Morgan fingerprint density at radius 1 is 1.12 bits per heavy atom. The minimum atomic E-state index is -3.21. The second-order valence-electron chi connectivity index (χ2n) is 5.74. The molecule has 9 heteroatoms. The van der Waals surface area contributed by atoms with Crippen LogP contribution in [0.4, 0.5) is 0 Å². The van der Waals surface area contributed by atoms with Crippen molar-refractivity contribution in [2.24, 2.45) is 0 Å². The maximum absolute atomic E-state index is 12.5. The molecule has 8 nitrogen and oxygen atoms in total. The molecule has 0 spiro atoms. The van der Waals surface area contributed by atoms with Gasteiger partial charge in [0.25, 0.3) is 5.91 Å². The zero-order chi connectivity index (χ0) is 17.2. The Hall–Kier alpha value is -2.26. The lowest BCUT2D eigenvalue weighted by atomic mass is 10.2. The van der Waals surface area contributed by atoms with Gasteiger partial charge in [-0.2, -0.15) is 4.31 Å². The third-order valence-corrected chi connectivity index (χ3v) is 5.24. The third kappa shape index (κ3) is 3.80. The van der Waals surface area contributed by atoms with Crippen LogP contribution in [0.2, 0.25) is 0 Å². The largest absolute Gasteiger partial charge is 0.335 e.